The van der Waals surface area contributed by atoms with Crippen LogP contribution in [0.1, 0.15) is 12.8 Å². The van der Waals surface area contributed by atoms with Crippen molar-refractivity contribution in [3.8, 4) is 0 Å². The minimum absolute atomic E-state index is 0.328. The van der Waals surface area contributed by atoms with Crippen LogP contribution in [0.15, 0.2) is 48.5 Å². The molecule has 0 aromatic heterocycles. The van der Waals surface area contributed by atoms with E-state index in [0.29, 0.717) is 30.8 Å². The molecule has 0 aliphatic carbocycles. The van der Waals surface area contributed by atoms with Crippen LogP contribution in [-0.4, -0.2) is 29.4 Å². The molecule has 1 atom stereocenters. The number of halogens is 2. The number of hydrogen-bond donors (Lipinski definition) is 2. The van der Waals surface area contributed by atoms with Crippen molar-refractivity contribution in [2.45, 2.75) is 18.9 Å². The molecule has 0 radical (unpaired) electrons. The summed E-state index contributed by atoms with van der Waals surface area (Å²) in [6.07, 6.45) is 1.22. The van der Waals surface area contributed by atoms with Gasteiger partial charge in [0.05, 0.1) is 0 Å². The third kappa shape index (κ3) is 4.12. The lowest BCUT2D eigenvalue weighted by Gasteiger charge is -2.24. The number of benzene rings is 2. The Morgan fingerprint density at radius 1 is 0.960 bits per heavy atom. The van der Waals surface area contributed by atoms with Gasteiger partial charge in [0.2, 0.25) is 5.91 Å². The number of amides is 3. The number of anilines is 2. The molecular formula is C18H17F2N3O2. The minimum Gasteiger partial charge on any atom is -0.324 e. The highest BCUT2D eigenvalue weighted by Crippen LogP contribution is 2.21. The van der Waals surface area contributed by atoms with Gasteiger partial charge in [-0.1, -0.05) is 6.07 Å². The molecule has 2 aromatic carbocycles. The van der Waals surface area contributed by atoms with Crippen LogP contribution in [-0.2, 0) is 4.79 Å². The van der Waals surface area contributed by atoms with E-state index in [0.717, 1.165) is 0 Å². The van der Waals surface area contributed by atoms with Gasteiger partial charge < -0.3 is 15.5 Å². The van der Waals surface area contributed by atoms with Crippen LogP contribution in [0, 0.1) is 11.6 Å². The molecule has 25 heavy (non-hydrogen) atoms. The average molecular weight is 345 g/mol. The molecule has 0 spiro atoms. The van der Waals surface area contributed by atoms with E-state index in [9.17, 15) is 18.4 Å². The Hall–Kier alpha value is -2.96. The number of carbonyl (C=O) groups is 2. The van der Waals surface area contributed by atoms with E-state index in [1.807, 2.05) is 0 Å². The van der Waals surface area contributed by atoms with Gasteiger partial charge in [0.15, 0.2) is 0 Å². The molecule has 2 N–H and O–H groups in total. The first-order valence-electron chi connectivity index (χ1n) is 7.92. The lowest BCUT2D eigenvalue weighted by atomic mass is 10.2. The fraction of sp³-hybridized carbons (Fsp3) is 0.222. The SMILES string of the molecule is O=C(Nc1ccc(F)cc1)C1CCCN1C(=O)Nc1cccc(F)c1. The fourth-order valence-electron chi connectivity index (χ4n) is 2.80. The molecule has 3 rings (SSSR count). The summed E-state index contributed by atoms with van der Waals surface area (Å²) >= 11 is 0. The second-order valence-electron chi connectivity index (χ2n) is 5.79. The van der Waals surface area contributed by atoms with Crippen molar-refractivity contribution < 1.29 is 18.4 Å². The molecule has 2 aromatic rings. The van der Waals surface area contributed by atoms with Crippen LogP contribution in [0.3, 0.4) is 0 Å². The first-order chi connectivity index (χ1) is 12.0. The summed E-state index contributed by atoms with van der Waals surface area (Å²) in [4.78, 5) is 26.3. The number of hydrogen-bond acceptors (Lipinski definition) is 2. The first kappa shape index (κ1) is 16.9. The Morgan fingerprint density at radius 2 is 1.72 bits per heavy atom. The van der Waals surface area contributed by atoms with Crippen LogP contribution >= 0.6 is 0 Å². The van der Waals surface area contributed by atoms with Gasteiger partial charge in [-0.05, 0) is 55.3 Å². The van der Waals surface area contributed by atoms with Crippen molar-refractivity contribution in [2.24, 2.45) is 0 Å². The molecule has 1 heterocycles. The van der Waals surface area contributed by atoms with Crippen molar-refractivity contribution in [3.05, 3.63) is 60.2 Å². The molecule has 130 valence electrons. The highest BCUT2D eigenvalue weighted by Gasteiger charge is 2.34. The molecule has 0 saturated carbocycles. The number of nitrogens with one attached hydrogen (secondary N) is 2. The van der Waals surface area contributed by atoms with Gasteiger partial charge in [0.25, 0.3) is 0 Å². The van der Waals surface area contributed by atoms with Crippen LogP contribution < -0.4 is 10.6 Å². The molecule has 1 saturated heterocycles. The van der Waals surface area contributed by atoms with Crippen LogP contribution in [0.4, 0.5) is 25.0 Å². The second-order valence-corrected chi connectivity index (χ2v) is 5.79. The zero-order valence-electron chi connectivity index (χ0n) is 13.3. The molecule has 3 amide bonds. The van der Waals surface area contributed by atoms with Gasteiger partial charge in [-0.15, -0.1) is 0 Å². The van der Waals surface area contributed by atoms with Gasteiger partial charge in [-0.3, -0.25) is 4.79 Å². The van der Waals surface area contributed by atoms with E-state index in [2.05, 4.69) is 10.6 Å². The summed E-state index contributed by atoms with van der Waals surface area (Å²) in [7, 11) is 0. The molecule has 1 unspecified atom stereocenters. The summed E-state index contributed by atoms with van der Waals surface area (Å²) in [5.41, 5.74) is 0.790. The van der Waals surface area contributed by atoms with Crippen LogP contribution in [0.25, 0.3) is 0 Å². The maximum absolute atomic E-state index is 13.2. The van der Waals surface area contributed by atoms with Gasteiger partial charge in [0.1, 0.15) is 17.7 Å². The summed E-state index contributed by atoms with van der Waals surface area (Å²) in [6.45, 7) is 0.433. The third-order valence-corrected chi connectivity index (χ3v) is 4.00. The Balaban J connectivity index is 1.65. The Bertz CT molecular complexity index is 780. The lowest BCUT2D eigenvalue weighted by molar-refractivity contribution is -0.119. The number of carbonyl (C=O) groups excluding carboxylic acids is 2. The van der Waals surface area contributed by atoms with Crippen LogP contribution in [0.2, 0.25) is 0 Å². The monoisotopic (exact) mass is 345 g/mol. The average Bonchev–Trinajstić information content (AvgIpc) is 3.07. The predicted octanol–water partition coefficient (Wildman–Crippen LogP) is 3.60. The van der Waals surface area contributed by atoms with Crippen molar-refractivity contribution in [2.75, 3.05) is 17.2 Å². The maximum Gasteiger partial charge on any atom is 0.322 e. The van der Waals surface area contributed by atoms with Gasteiger partial charge in [0, 0.05) is 17.9 Å². The van der Waals surface area contributed by atoms with Gasteiger partial charge >= 0.3 is 6.03 Å². The highest BCUT2D eigenvalue weighted by atomic mass is 19.1. The Morgan fingerprint density at radius 3 is 2.44 bits per heavy atom. The van der Waals surface area contributed by atoms with E-state index in [-0.39, 0.29) is 5.91 Å². The normalized spacial score (nSPS) is 16.6. The summed E-state index contributed by atoms with van der Waals surface area (Å²) in [5.74, 6) is -1.18. The quantitative estimate of drug-likeness (QED) is 0.893. The van der Waals surface area contributed by atoms with E-state index in [1.165, 1.54) is 47.4 Å². The smallest absolute Gasteiger partial charge is 0.322 e. The van der Waals surface area contributed by atoms with E-state index < -0.39 is 23.7 Å². The van der Waals surface area contributed by atoms with E-state index >= 15 is 0 Å². The summed E-state index contributed by atoms with van der Waals surface area (Å²) in [6, 6.07) is 9.89. The number of urea groups is 1. The van der Waals surface area contributed by atoms with Crippen molar-refractivity contribution >= 4 is 23.3 Å². The van der Waals surface area contributed by atoms with E-state index in [4.69, 9.17) is 0 Å². The molecule has 1 fully saturated rings. The molecular weight excluding hydrogens is 328 g/mol. The fourth-order valence-corrected chi connectivity index (χ4v) is 2.80. The molecule has 7 heteroatoms. The zero-order valence-corrected chi connectivity index (χ0v) is 13.3. The lowest BCUT2D eigenvalue weighted by Crippen LogP contribution is -2.45. The van der Waals surface area contributed by atoms with Gasteiger partial charge in [-0.2, -0.15) is 0 Å². The number of rotatable bonds is 3. The Kier molecular flexibility index (Phi) is 4.92. The van der Waals surface area contributed by atoms with Gasteiger partial charge in [-0.25, -0.2) is 13.6 Å². The highest BCUT2D eigenvalue weighted by molar-refractivity contribution is 5.99. The van der Waals surface area contributed by atoms with Crippen molar-refractivity contribution in [3.63, 3.8) is 0 Å². The minimum atomic E-state index is -0.626. The largest absolute Gasteiger partial charge is 0.324 e. The molecule has 5 nitrogen and oxygen atoms in total. The number of nitrogens with zero attached hydrogens (tertiary/aromatic N) is 1. The summed E-state index contributed by atoms with van der Waals surface area (Å²) < 4.78 is 26.1. The third-order valence-electron chi connectivity index (χ3n) is 4.00. The predicted molar refractivity (Wildman–Crippen MR) is 90.2 cm³/mol. The maximum atomic E-state index is 13.2. The number of likely N-dealkylation sites (tertiary alicyclic amines) is 1. The molecule has 0 bridgehead atoms. The molecule has 1 aliphatic rings. The first-order valence-corrected chi connectivity index (χ1v) is 7.92. The van der Waals surface area contributed by atoms with Crippen molar-refractivity contribution in [1.29, 1.82) is 0 Å². The second kappa shape index (κ2) is 7.29. The van der Waals surface area contributed by atoms with Crippen molar-refractivity contribution in [1.82, 2.24) is 4.90 Å². The van der Waals surface area contributed by atoms with E-state index in [1.54, 1.807) is 6.07 Å². The van der Waals surface area contributed by atoms with Crippen LogP contribution in [0.5, 0.6) is 0 Å². The Labute approximate surface area is 143 Å². The standard InChI is InChI=1S/C18H17F2N3O2/c19-12-6-8-14(9-7-12)21-17(24)16-5-2-10-23(16)18(25)22-15-4-1-3-13(20)11-15/h1,3-4,6-9,11,16H,2,5,10H2,(H,21,24)(H,22,25). The summed E-state index contributed by atoms with van der Waals surface area (Å²) in [5, 5.41) is 5.28. The topological polar surface area (TPSA) is 61.4 Å². The molecule has 1 aliphatic heterocycles. The zero-order chi connectivity index (χ0) is 17.8.